The van der Waals surface area contributed by atoms with Crippen LogP contribution in [-0.4, -0.2) is 16.8 Å². The van der Waals surface area contributed by atoms with Gasteiger partial charge in [-0.2, -0.15) is 0 Å². The number of carbonyl (C=O) groups is 2. The van der Waals surface area contributed by atoms with Crippen molar-refractivity contribution in [3.05, 3.63) is 79.6 Å². The Hall–Kier alpha value is -3.03. The molecule has 0 radical (unpaired) electrons. The third-order valence-corrected chi connectivity index (χ3v) is 8.51. The number of thiazole rings is 1. The molecule has 5 rings (SSSR count). The first-order chi connectivity index (χ1) is 16.0. The SMILES string of the molecule is Cc1nc(Cc2cccc3ccccc23)sc1CC(=O)Nc1sc2c(c1C(N)=O)CCCC2. The molecule has 0 saturated carbocycles. The van der Waals surface area contributed by atoms with Crippen molar-refractivity contribution in [1.29, 1.82) is 0 Å². The second kappa shape index (κ2) is 9.08. The average Bonchev–Trinajstić information content (AvgIpc) is 3.33. The molecule has 7 heteroatoms. The van der Waals surface area contributed by atoms with E-state index in [1.54, 1.807) is 11.3 Å². The molecule has 4 aromatic rings. The van der Waals surface area contributed by atoms with Gasteiger partial charge in [-0.15, -0.1) is 22.7 Å². The van der Waals surface area contributed by atoms with Crippen molar-refractivity contribution in [1.82, 2.24) is 4.98 Å². The molecule has 0 spiro atoms. The Morgan fingerprint density at radius 1 is 1.06 bits per heavy atom. The van der Waals surface area contributed by atoms with E-state index in [9.17, 15) is 9.59 Å². The summed E-state index contributed by atoms with van der Waals surface area (Å²) >= 11 is 3.08. The summed E-state index contributed by atoms with van der Waals surface area (Å²) in [5.74, 6) is -0.601. The van der Waals surface area contributed by atoms with Crippen molar-refractivity contribution in [2.24, 2.45) is 5.73 Å². The first-order valence-corrected chi connectivity index (χ1v) is 12.8. The molecule has 1 aliphatic carbocycles. The summed E-state index contributed by atoms with van der Waals surface area (Å²) in [5, 5.41) is 7.00. The monoisotopic (exact) mass is 475 g/mol. The molecule has 33 heavy (non-hydrogen) atoms. The molecule has 0 atom stereocenters. The number of aromatic nitrogens is 1. The number of nitrogens with zero attached hydrogens (tertiary/aromatic N) is 1. The van der Waals surface area contributed by atoms with E-state index in [4.69, 9.17) is 10.7 Å². The van der Waals surface area contributed by atoms with Crippen LogP contribution < -0.4 is 11.1 Å². The zero-order valence-electron chi connectivity index (χ0n) is 18.4. The molecule has 3 N–H and O–H groups in total. The average molecular weight is 476 g/mol. The number of nitrogens with two attached hydrogens (primary N) is 1. The fraction of sp³-hybridized carbons (Fsp3) is 0.269. The number of benzene rings is 2. The zero-order valence-corrected chi connectivity index (χ0v) is 20.1. The van der Waals surface area contributed by atoms with Gasteiger partial charge in [-0.05, 0) is 54.5 Å². The highest BCUT2D eigenvalue weighted by Crippen LogP contribution is 2.38. The van der Waals surface area contributed by atoms with Gasteiger partial charge in [0, 0.05) is 16.2 Å². The molecule has 2 heterocycles. The smallest absolute Gasteiger partial charge is 0.251 e. The van der Waals surface area contributed by atoms with Gasteiger partial charge in [-0.25, -0.2) is 4.98 Å². The Bertz CT molecular complexity index is 1360. The van der Waals surface area contributed by atoms with E-state index in [0.29, 0.717) is 10.6 Å². The number of rotatable bonds is 6. The van der Waals surface area contributed by atoms with E-state index in [0.717, 1.165) is 53.2 Å². The molecule has 5 nitrogen and oxygen atoms in total. The molecule has 2 aromatic carbocycles. The van der Waals surface area contributed by atoms with Crippen molar-refractivity contribution < 1.29 is 9.59 Å². The fourth-order valence-electron chi connectivity index (χ4n) is 4.57. The van der Waals surface area contributed by atoms with Gasteiger partial charge < -0.3 is 11.1 Å². The van der Waals surface area contributed by atoms with Crippen molar-refractivity contribution in [3.8, 4) is 0 Å². The number of amides is 2. The number of fused-ring (bicyclic) bond motifs is 2. The number of thiophene rings is 1. The van der Waals surface area contributed by atoms with Crippen LogP contribution in [0, 0.1) is 6.92 Å². The van der Waals surface area contributed by atoms with E-state index in [1.807, 2.05) is 13.0 Å². The molecule has 2 aromatic heterocycles. The molecule has 0 saturated heterocycles. The van der Waals surface area contributed by atoms with Crippen LogP contribution in [0.25, 0.3) is 10.8 Å². The number of carbonyl (C=O) groups excluding carboxylic acids is 2. The van der Waals surface area contributed by atoms with Crippen LogP contribution in [0.15, 0.2) is 42.5 Å². The predicted molar refractivity (Wildman–Crippen MR) is 135 cm³/mol. The van der Waals surface area contributed by atoms with Gasteiger partial charge in [0.2, 0.25) is 5.91 Å². The van der Waals surface area contributed by atoms with E-state index >= 15 is 0 Å². The summed E-state index contributed by atoms with van der Waals surface area (Å²) in [5.41, 5.74) is 9.30. The maximum atomic E-state index is 12.9. The van der Waals surface area contributed by atoms with Crippen molar-refractivity contribution >= 4 is 50.3 Å². The highest BCUT2D eigenvalue weighted by atomic mass is 32.1. The lowest BCUT2D eigenvalue weighted by Crippen LogP contribution is -2.19. The molecular weight excluding hydrogens is 450 g/mol. The topological polar surface area (TPSA) is 85.1 Å². The minimum absolute atomic E-state index is 0.139. The quantitative estimate of drug-likeness (QED) is 0.391. The van der Waals surface area contributed by atoms with Gasteiger partial charge in [0.1, 0.15) is 5.00 Å². The minimum atomic E-state index is -0.462. The van der Waals surface area contributed by atoms with E-state index in [1.165, 1.54) is 32.5 Å². The lowest BCUT2D eigenvalue weighted by molar-refractivity contribution is -0.115. The van der Waals surface area contributed by atoms with Gasteiger partial charge in [-0.1, -0.05) is 42.5 Å². The van der Waals surface area contributed by atoms with Crippen LogP contribution in [0.3, 0.4) is 0 Å². The summed E-state index contributed by atoms with van der Waals surface area (Å²) in [6.07, 6.45) is 4.93. The normalized spacial score (nSPS) is 13.1. The largest absolute Gasteiger partial charge is 0.365 e. The maximum Gasteiger partial charge on any atom is 0.251 e. The van der Waals surface area contributed by atoms with Crippen LogP contribution in [0.4, 0.5) is 5.00 Å². The third-order valence-electron chi connectivity index (χ3n) is 6.15. The lowest BCUT2D eigenvalue weighted by Gasteiger charge is -2.11. The molecule has 0 unspecified atom stereocenters. The summed E-state index contributed by atoms with van der Waals surface area (Å²) < 4.78 is 0. The van der Waals surface area contributed by atoms with E-state index < -0.39 is 5.91 Å². The van der Waals surface area contributed by atoms with Crippen molar-refractivity contribution in [2.45, 2.75) is 45.4 Å². The van der Waals surface area contributed by atoms with Gasteiger partial charge in [0.25, 0.3) is 5.91 Å². The number of hydrogen-bond donors (Lipinski definition) is 2. The highest BCUT2D eigenvalue weighted by Gasteiger charge is 2.25. The van der Waals surface area contributed by atoms with Crippen LogP contribution in [-0.2, 0) is 30.5 Å². The molecule has 2 amide bonds. The van der Waals surface area contributed by atoms with E-state index in [-0.39, 0.29) is 12.3 Å². The van der Waals surface area contributed by atoms with Gasteiger partial charge in [-0.3, -0.25) is 9.59 Å². The van der Waals surface area contributed by atoms with Crippen LogP contribution in [0.1, 0.15) is 54.8 Å². The summed E-state index contributed by atoms with van der Waals surface area (Å²) in [4.78, 5) is 31.8. The van der Waals surface area contributed by atoms with Crippen LogP contribution in [0.5, 0.6) is 0 Å². The van der Waals surface area contributed by atoms with Gasteiger partial charge >= 0.3 is 0 Å². The fourth-order valence-corrected chi connectivity index (χ4v) is 6.97. The number of anilines is 1. The Balaban J connectivity index is 1.33. The number of primary amides is 1. The predicted octanol–water partition coefficient (Wildman–Crippen LogP) is 5.42. The second-order valence-electron chi connectivity index (χ2n) is 8.44. The highest BCUT2D eigenvalue weighted by molar-refractivity contribution is 7.17. The van der Waals surface area contributed by atoms with E-state index in [2.05, 4.69) is 41.7 Å². The lowest BCUT2D eigenvalue weighted by atomic mass is 9.95. The van der Waals surface area contributed by atoms with Gasteiger partial charge in [0.05, 0.1) is 22.7 Å². The number of aryl methyl sites for hydroxylation is 2. The Labute approximate surface area is 200 Å². The summed E-state index contributed by atoms with van der Waals surface area (Å²) in [7, 11) is 0. The number of hydrogen-bond acceptors (Lipinski definition) is 5. The Morgan fingerprint density at radius 3 is 2.70 bits per heavy atom. The molecule has 1 aliphatic rings. The maximum absolute atomic E-state index is 12.9. The first kappa shape index (κ1) is 21.8. The summed E-state index contributed by atoms with van der Waals surface area (Å²) in [6, 6.07) is 14.7. The zero-order chi connectivity index (χ0) is 22.9. The Morgan fingerprint density at radius 2 is 1.85 bits per heavy atom. The van der Waals surface area contributed by atoms with Crippen molar-refractivity contribution in [3.63, 3.8) is 0 Å². The molecule has 0 bridgehead atoms. The Kier molecular flexibility index (Phi) is 6.00. The standard InChI is InChI=1S/C26H25N3O2S2/c1-15-21(32-23(28-15)13-17-9-6-8-16-7-2-3-10-18(16)17)14-22(30)29-26-24(25(27)31)19-11-4-5-12-20(19)33-26/h2-3,6-10H,4-5,11-14H2,1H3,(H2,27,31)(H,29,30). The summed E-state index contributed by atoms with van der Waals surface area (Å²) in [6.45, 7) is 1.95. The third kappa shape index (κ3) is 4.43. The van der Waals surface area contributed by atoms with Crippen LogP contribution >= 0.6 is 22.7 Å². The van der Waals surface area contributed by atoms with Gasteiger partial charge in [0.15, 0.2) is 0 Å². The molecule has 0 aliphatic heterocycles. The minimum Gasteiger partial charge on any atom is -0.365 e. The first-order valence-electron chi connectivity index (χ1n) is 11.2. The molecular formula is C26H25N3O2S2. The van der Waals surface area contributed by atoms with Crippen LogP contribution in [0.2, 0.25) is 0 Å². The second-order valence-corrected chi connectivity index (χ2v) is 10.7. The van der Waals surface area contributed by atoms with Crippen molar-refractivity contribution in [2.75, 3.05) is 5.32 Å². The molecule has 168 valence electrons. The molecule has 0 fully saturated rings. The number of nitrogens with one attached hydrogen (secondary N) is 1.